The third-order valence-electron chi connectivity index (χ3n) is 2.71. The summed E-state index contributed by atoms with van der Waals surface area (Å²) in [6.45, 7) is 5.59. The lowest BCUT2D eigenvalue weighted by atomic mass is 10.2. The molecule has 7 nitrogen and oxygen atoms in total. The largest absolute Gasteiger partial charge is 0.480 e. The molecule has 0 radical (unpaired) electrons. The molecule has 1 aromatic carbocycles. The number of carbonyl (C=O) groups is 2. The normalized spacial score (nSPS) is 12.5. The monoisotopic (exact) mass is 309 g/mol. The number of nitrogens with two attached hydrogens (primary N) is 1. The van der Waals surface area contributed by atoms with Crippen molar-refractivity contribution < 1.29 is 19.4 Å². The van der Waals surface area contributed by atoms with E-state index in [4.69, 9.17) is 15.6 Å². The topological polar surface area (TPSA) is 114 Å². The number of hydrogen-bond donors (Lipinski definition) is 4. The van der Waals surface area contributed by atoms with Crippen molar-refractivity contribution in [2.45, 2.75) is 39.0 Å². The zero-order chi connectivity index (χ0) is 16.8. The minimum Gasteiger partial charge on any atom is -0.480 e. The van der Waals surface area contributed by atoms with Crippen LogP contribution in [0, 0.1) is 0 Å². The number of amides is 1. The summed E-state index contributed by atoms with van der Waals surface area (Å²) in [5.74, 6) is -1.14. The Morgan fingerprint density at radius 1 is 1.32 bits per heavy atom. The maximum atomic E-state index is 11.6. The molecule has 0 aromatic heterocycles. The molecule has 1 atom stereocenters. The fourth-order valence-corrected chi connectivity index (χ4v) is 1.70. The van der Waals surface area contributed by atoms with Crippen molar-refractivity contribution in [1.29, 1.82) is 0 Å². The molecule has 1 aromatic rings. The van der Waals surface area contributed by atoms with E-state index >= 15 is 0 Å². The summed E-state index contributed by atoms with van der Waals surface area (Å²) in [6, 6.07) is 6.20. The van der Waals surface area contributed by atoms with Gasteiger partial charge in [-0.25, -0.2) is 9.59 Å². The second-order valence-corrected chi connectivity index (χ2v) is 5.87. The molecule has 0 saturated carbocycles. The van der Waals surface area contributed by atoms with Gasteiger partial charge in [0.25, 0.3) is 0 Å². The molecule has 0 aliphatic carbocycles. The van der Waals surface area contributed by atoms with Gasteiger partial charge >= 0.3 is 12.1 Å². The summed E-state index contributed by atoms with van der Waals surface area (Å²) in [5, 5.41) is 14.4. The second kappa shape index (κ2) is 7.65. The van der Waals surface area contributed by atoms with Gasteiger partial charge in [0.2, 0.25) is 0 Å². The minimum absolute atomic E-state index is 0.0584. The molecule has 1 unspecified atom stereocenters. The smallest absolute Gasteiger partial charge is 0.408 e. The number of hydrogen-bond acceptors (Lipinski definition) is 5. The lowest BCUT2D eigenvalue weighted by Crippen LogP contribution is -2.48. The standard InChI is InChI=1S/C15H23N3O4/c1-15(2,3)22-14(21)18-12(13(19)20)9-17-8-10-6-4-5-7-11(10)16/h4-7,12,17H,8-9,16H2,1-3H3,(H,18,21)(H,19,20). The molecule has 0 heterocycles. The van der Waals surface area contributed by atoms with E-state index in [1.54, 1.807) is 26.8 Å². The Balaban J connectivity index is 2.50. The predicted molar refractivity (Wildman–Crippen MR) is 83.4 cm³/mol. The lowest BCUT2D eigenvalue weighted by Gasteiger charge is -2.22. The number of rotatable bonds is 6. The Hall–Kier alpha value is -2.28. The Morgan fingerprint density at radius 2 is 1.95 bits per heavy atom. The van der Waals surface area contributed by atoms with Crippen molar-refractivity contribution in [3.8, 4) is 0 Å². The van der Waals surface area contributed by atoms with Gasteiger partial charge in [0.15, 0.2) is 0 Å². The lowest BCUT2D eigenvalue weighted by molar-refractivity contribution is -0.139. The van der Waals surface area contributed by atoms with Crippen molar-refractivity contribution in [2.75, 3.05) is 12.3 Å². The van der Waals surface area contributed by atoms with E-state index in [-0.39, 0.29) is 6.54 Å². The van der Waals surface area contributed by atoms with E-state index in [0.717, 1.165) is 5.56 Å². The van der Waals surface area contributed by atoms with Gasteiger partial charge in [-0.1, -0.05) is 18.2 Å². The molecule has 1 rings (SSSR count). The summed E-state index contributed by atoms with van der Waals surface area (Å²) in [4.78, 5) is 22.8. The average Bonchev–Trinajstić information content (AvgIpc) is 2.37. The van der Waals surface area contributed by atoms with Crippen LogP contribution in [0.4, 0.5) is 10.5 Å². The number of ether oxygens (including phenoxy) is 1. The van der Waals surface area contributed by atoms with Crippen LogP contribution in [0.15, 0.2) is 24.3 Å². The molecule has 0 bridgehead atoms. The van der Waals surface area contributed by atoms with Gasteiger partial charge in [-0.3, -0.25) is 0 Å². The van der Waals surface area contributed by atoms with Crippen LogP contribution in [0.2, 0.25) is 0 Å². The second-order valence-electron chi connectivity index (χ2n) is 5.87. The van der Waals surface area contributed by atoms with Gasteiger partial charge in [-0.05, 0) is 32.4 Å². The van der Waals surface area contributed by atoms with Gasteiger partial charge < -0.3 is 26.2 Å². The number of benzene rings is 1. The third-order valence-corrected chi connectivity index (χ3v) is 2.71. The quantitative estimate of drug-likeness (QED) is 0.590. The third kappa shape index (κ3) is 6.45. The van der Waals surface area contributed by atoms with Crippen LogP contribution in [0.5, 0.6) is 0 Å². The predicted octanol–water partition coefficient (Wildman–Crippen LogP) is 1.34. The molecule has 1 amide bonds. The summed E-state index contributed by atoms with van der Waals surface area (Å²) >= 11 is 0. The minimum atomic E-state index is -1.14. The van der Waals surface area contributed by atoms with Crippen molar-refractivity contribution in [2.24, 2.45) is 0 Å². The molecule has 0 aliphatic rings. The van der Waals surface area contributed by atoms with E-state index in [1.165, 1.54) is 0 Å². The van der Waals surface area contributed by atoms with Crippen molar-refractivity contribution in [3.63, 3.8) is 0 Å². The number of carbonyl (C=O) groups excluding carboxylic acids is 1. The van der Waals surface area contributed by atoms with Crippen LogP contribution >= 0.6 is 0 Å². The summed E-state index contributed by atoms with van der Waals surface area (Å²) in [7, 11) is 0. The number of anilines is 1. The number of nitrogen functional groups attached to an aromatic ring is 1. The first-order chi connectivity index (χ1) is 10.2. The van der Waals surface area contributed by atoms with Gasteiger partial charge in [-0.15, -0.1) is 0 Å². The highest BCUT2D eigenvalue weighted by molar-refractivity contribution is 5.80. The molecule has 22 heavy (non-hydrogen) atoms. The zero-order valence-electron chi connectivity index (χ0n) is 13.1. The van der Waals surface area contributed by atoms with Crippen molar-refractivity contribution in [3.05, 3.63) is 29.8 Å². The molecule has 7 heteroatoms. The molecule has 0 spiro atoms. The van der Waals surface area contributed by atoms with E-state index in [2.05, 4.69) is 10.6 Å². The van der Waals surface area contributed by atoms with Crippen molar-refractivity contribution >= 4 is 17.7 Å². The van der Waals surface area contributed by atoms with Gasteiger partial charge in [0.05, 0.1) is 0 Å². The highest BCUT2D eigenvalue weighted by Gasteiger charge is 2.23. The summed E-state index contributed by atoms with van der Waals surface area (Å²) < 4.78 is 5.04. The van der Waals surface area contributed by atoms with Crippen LogP contribution in [0.3, 0.4) is 0 Å². The number of nitrogens with one attached hydrogen (secondary N) is 2. The van der Waals surface area contributed by atoms with Crippen LogP contribution in [-0.4, -0.2) is 35.4 Å². The Kier molecular flexibility index (Phi) is 6.18. The number of alkyl carbamates (subject to hydrolysis) is 1. The fourth-order valence-electron chi connectivity index (χ4n) is 1.70. The van der Waals surface area contributed by atoms with Crippen LogP contribution in [0.25, 0.3) is 0 Å². The molecular weight excluding hydrogens is 286 g/mol. The molecule has 122 valence electrons. The number of para-hydroxylation sites is 1. The van der Waals surface area contributed by atoms with Crippen molar-refractivity contribution in [1.82, 2.24) is 10.6 Å². The van der Waals surface area contributed by atoms with Gasteiger partial charge in [0, 0.05) is 18.8 Å². The van der Waals surface area contributed by atoms with Gasteiger partial charge in [0.1, 0.15) is 11.6 Å². The van der Waals surface area contributed by atoms with Gasteiger partial charge in [-0.2, -0.15) is 0 Å². The fraction of sp³-hybridized carbons (Fsp3) is 0.467. The Morgan fingerprint density at radius 3 is 2.50 bits per heavy atom. The SMILES string of the molecule is CC(C)(C)OC(=O)NC(CNCc1ccccc1N)C(=O)O. The summed E-state index contributed by atoms with van der Waals surface area (Å²) in [5.41, 5.74) is 6.61. The van der Waals surface area contributed by atoms with E-state index in [9.17, 15) is 9.59 Å². The van der Waals surface area contributed by atoms with Crippen LogP contribution < -0.4 is 16.4 Å². The first-order valence-corrected chi connectivity index (χ1v) is 6.95. The highest BCUT2D eigenvalue weighted by atomic mass is 16.6. The van der Waals surface area contributed by atoms with Crippen LogP contribution in [0.1, 0.15) is 26.3 Å². The summed E-state index contributed by atoms with van der Waals surface area (Å²) in [6.07, 6.45) is -0.763. The van der Waals surface area contributed by atoms with E-state index < -0.39 is 23.7 Å². The maximum absolute atomic E-state index is 11.6. The highest BCUT2D eigenvalue weighted by Crippen LogP contribution is 2.09. The number of carboxylic acid groups (broad SMARTS) is 1. The average molecular weight is 309 g/mol. The Bertz CT molecular complexity index is 526. The molecule has 0 fully saturated rings. The van der Waals surface area contributed by atoms with E-state index in [0.29, 0.717) is 12.2 Å². The van der Waals surface area contributed by atoms with E-state index in [1.807, 2.05) is 18.2 Å². The number of carboxylic acids is 1. The molecule has 0 saturated heterocycles. The van der Waals surface area contributed by atoms with Crippen LogP contribution in [-0.2, 0) is 16.1 Å². The first-order valence-electron chi connectivity index (χ1n) is 6.95. The molecule has 5 N–H and O–H groups in total. The Labute approximate surface area is 129 Å². The first kappa shape index (κ1) is 17.8. The molecular formula is C15H23N3O4. The molecule has 0 aliphatic heterocycles. The maximum Gasteiger partial charge on any atom is 0.408 e. The zero-order valence-corrected chi connectivity index (χ0v) is 13.1. The number of aliphatic carboxylic acids is 1.